The first-order valence-electron chi connectivity index (χ1n) is 8.89. The van der Waals surface area contributed by atoms with Gasteiger partial charge in [-0.2, -0.15) is 5.26 Å². The number of aromatic nitrogens is 1. The number of aryl methyl sites for hydroxylation is 1. The number of fused-ring (bicyclic) bond motifs is 2. The lowest BCUT2D eigenvalue weighted by Gasteiger charge is -2.22. The van der Waals surface area contributed by atoms with Crippen LogP contribution < -0.4 is 5.32 Å². The summed E-state index contributed by atoms with van der Waals surface area (Å²) in [5.74, 6) is -0.232. The molecule has 2 fully saturated rings. The summed E-state index contributed by atoms with van der Waals surface area (Å²) in [5, 5.41) is 13.5. The molecule has 2 aromatic rings. The van der Waals surface area contributed by atoms with Crippen LogP contribution in [0.15, 0.2) is 30.5 Å². The molecule has 5 nitrogen and oxygen atoms in total. The van der Waals surface area contributed by atoms with Crippen LogP contribution in [0.1, 0.15) is 35.3 Å². The highest BCUT2D eigenvalue weighted by atomic mass is 35.5. The molecule has 1 aromatic carbocycles. The molecule has 7 heteroatoms. The highest BCUT2D eigenvalue weighted by molar-refractivity contribution is 6.35. The fraction of sp³-hybridized carbons (Fsp3) is 0.350. The number of nitrogens with zero attached hydrogens (tertiary/aromatic N) is 3. The van der Waals surface area contributed by atoms with Crippen molar-refractivity contribution in [1.29, 1.82) is 5.26 Å². The van der Waals surface area contributed by atoms with Crippen molar-refractivity contribution < 1.29 is 4.79 Å². The molecule has 2 saturated heterocycles. The van der Waals surface area contributed by atoms with Gasteiger partial charge in [-0.15, -0.1) is 0 Å². The summed E-state index contributed by atoms with van der Waals surface area (Å²) in [6.45, 7) is 1.92. The Labute approximate surface area is 167 Å². The molecule has 2 bridgehead atoms. The number of rotatable bonds is 3. The van der Waals surface area contributed by atoms with E-state index in [-0.39, 0.29) is 24.0 Å². The standard InChI is InChI=1S/C20H18Cl2N4O/c1-11-9-24-18(8-14(11)15-6-12(21)2-4-16(15)22)20(27)25-17-7-13-3-5-19(17)26(13)10-23/h2,4,6,8-9,13,17,19H,3,5,7H2,1H3,(H,25,27)/t13-,17+,19+/m0/s1. The normalized spacial score (nSPS) is 23.3. The Balaban J connectivity index is 1.59. The number of pyridine rings is 1. The van der Waals surface area contributed by atoms with Crippen LogP contribution in [0.5, 0.6) is 0 Å². The Morgan fingerprint density at radius 3 is 2.85 bits per heavy atom. The second kappa shape index (κ2) is 7.03. The maximum absolute atomic E-state index is 12.8. The molecule has 2 aliphatic rings. The molecule has 2 aliphatic heterocycles. The number of carbonyl (C=O) groups is 1. The lowest BCUT2D eigenvalue weighted by atomic mass is 9.95. The average Bonchev–Trinajstić information content (AvgIpc) is 3.20. The Morgan fingerprint density at radius 1 is 1.30 bits per heavy atom. The molecule has 4 rings (SSSR count). The number of amides is 1. The maximum Gasteiger partial charge on any atom is 0.270 e. The third-order valence-electron chi connectivity index (χ3n) is 5.52. The van der Waals surface area contributed by atoms with Gasteiger partial charge >= 0.3 is 0 Å². The molecule has 0 radical (unpaired) electrons. The van der Waals surface area contributed by atoms with Crippen LogP contribution in [0.2, 0.25) is 10.0 Å². The third kappa shape index (κ3) is 3.24. The van der Waals surface area contributed by atoms with Crippen molar-refractivity contribution in [2.75, 3.05) is 0 Å². The molecule has 0 aliphatic carbocycles. The van der Waals surface area contributed by atoms with Gasteiger partial charge in [-0.25, -0.2) is 0 Å². The van der Waals surface area contributed by atoms with Gasteiger partial charge in [0.25, 0.3) is 5.91 Å². The first kappa shape index (κ1) is 18.1. The third-order valence-corrected chi connectivity index (χ3v) is 6.09. The summed E-state index contributed by atoms with van der Waals surface area (Å²) in [4.78, 5) is 18.9. The summed E-state index contributed by atoms with van der Waals surface area (Å²) < 4.78 is 0. The summed E-state index contributed by atoms with van der Waals surface area (Å²) in [6.07, 6.45) is 6.69. The zero-order chi connectivity index (χ0) is 19.1. The summed E-state index contributed by atoms with van der Waals surface area (Å²) in [5.41, 5.74) is 2.84. The van der Waals surface area contributed by atoms with E-state index in [2.05, 4.69) is 16.5 Å². The molecule has 27 heavy (non-hydrogen) atoms. The van der Waals surface area contributed by atoms with Gasteiger partial charge < -0.3 is 10.2 Å². The van der Waals surface area contributed by atoms with Gasteiger partial charge in [0.15, 0.2) is 6.19 Å². The zero-order valence-corrected chi connectivity index (χ0v) is 16.3. The maximum atomic E-state index is 12.8. The van der Waals surface area contributed by atoms with E-state index in [1.165, 1.54) is 0 Å². The van der Waals surface area contributed by atoms with E-state index in [0.717, 1.165) is 36.0 Å². The van der Waals surface area contributed by atoms with Gasteiger partial charge in [-0.3, -0.25) is 9.78 Å². The van der Waals surface area contributed by atoms with E-state index in [9.17, 15) is 10.1 Å². The fourth-order valence-corrected chi connectivity index (χ4v) is 4.58. The van der Waals surface area contributed by atoms with Crippen LogP contribution in [-0.2, 0) is 0 Å². The Morgan fingerprint density at radius 2 is 2.11 bits per heavy atom. The highest BCUT2D eigenvalue weighted by Gasteiger charge is 2.46. The number of benzene rings is 1. The van der Waals surface area contributed by atoms with Crippen molar-refractivity contribution in [1.82, 2.24) is 15.2 Å². The summed E-state index contributed by atoms with van der Waals surface area (Å²) >= 11 is 12.4. The van der Waals surface area contributed by atoms with E-state index in [4.69, 9.17) is 23.2 Å². The molecule has 0 unspecified atom stereocenters. The van der Waals surface area contributed by atoms with E-state index in [1.807, 2.05) is 11.8 Å². The highest BCUT2D eigenvalue weighted by Crippen LogP contribution is 2.37. The van der Waals surface area contributed by atoms with Crippen molar-refractivity contribution >= 4 is 29.1 Å². The van der Waals surface area contributed by atoms with Crippen LogP contribution in [-0.4, -0.2) is 33.9 Å². The van der Waals surface area contributed by atoms with Crippen LogP contribution >= 0.6 is 23.2 Å². The van der Waals surface area contributed by atoms with Gasteiger partial charge in [0.1, 0.15) is 5.69 Å². The van der Waals surface area contributed by atoms with Gasteiger partial charge in [0, 0.05) is 27.8 Å². The predicted molar refractivity (Wildman–Crippen MR) is 105 cm³/mol. The molecular formula is C20H18Cl2N4O. The van der Waals surface area contributed by atoms with Crippen LogP contribution in [0, 0.1) is 18.4 Å². The lowest BCUT2D eigenvalue weighted by molar-refractivity contribution is 0.0923. The summed E-state index contributed by atoms with van der Waals surface area (Å²) in [6, 6.07) is 7.33. The molecular weight excluding hydrogens is 383 g/mol. The van der Waals surface area contributed by atoms with Gasteiger partial charge in [0.05, 0.1) is 12.1 Å². The predicted octanol–water partition coefficient (Wildman–Crippen LogP) is 4.18. The molecule has 1 N–H and O–H groups in total. The average molecular weight is 401 g/mol. The van der Waals surface area contributed by atoms with E-state index < -0.39 is 0 Å². The molecule has 1 aromatic heterocycles. The molecule has 3 heterocycles. The van der Waals surface area contributed by atoms with Gasteiger partial charge in [-0.05, 0) is 61.6 Å². The second-order valence-electron chi connectivity index (χ2n) is 7.13. The van der Waals surface area contributed by atoms with Gasteiger partial charge in [-0.1, -0.05) is 23.2 Å². The van der Waals surface area contributed by atoms with Crippen molar-refractivity contribution in [3.8, 4) is 17.3 Å². The minimum Gasteiger partial charge on any atom is -0.346 e. The van der Waals surface area contributed by atoms with E-state index in [0.29, 0.717) is 15.7 Å². The van der Waals surface area contributed by atoms with Gasteiger partial charge in [0.2, 0.25) is 0 Å². The first-order valence-corrected chi connectivity index (χ1v) is 9.64. The minimum atomic E-state index is -0.232. The van der Waals surface area contributed by atoms with Crippen molar-refractivity contribution in [3.63, 3.8) is 0 Å². The number of halogens is 2. The molecule has 138 valence electrons. The molecule has 3 atom stereocenters. The molecule has 0 spiro atoms. The van der Waals surface area contributed by atoms with Crippen LogP contribution in [0.3, 0.4) is 0 Å². The Bertz CT molecular complexity index is 955. The topological polar surface area (TPSA) is 69.0 Å². The molecule has 1 amide bonds. The number of hydrogen-bond acceptors (Lipinski definition) is 4. The van der Waals surface area contributed by atoms with Crippen LogP contribution in [0.25, 0.3) is 11.1 Å². The fourth-order valence-electron chi connectivity index (χ4n) is 4.18. The Kier molecular flexibility index (Phi) is 4.71. The lowest BCUT2D eigenvalue weighted by Crippen LogP contribution is -2.43. The zero-order valence-electron chi connectivity index (χ0n) is 14.7. The summed E-state index contributed by atoms with van der Waals surface area (Å²) in [7, 11) is 0. The SMILES string of the molecule is Cc1cnc(C(=O)N[C@@H]2C[C@@H]3CC[C@H]2N3C#N)cc1-c1cc(Cl)ccc1Cl. The van der Waals surface area contributed by atoms with E-state index in [1.54, 1.807) is 30.5 Å². The smallest absolute Gasteiger partial charge is 0.270 e. The second-order valence-corrected chi connectivity index (χ2v) is 7.97. The van der Waals surface area contributed by atoms with E-state index >= 15 is 0 Å². The van der Waals surface area contributed by atoms with Crippen molar-refractivity contribution in [3.05, 3.63) is 51.8 Å². The number of nitriles is 1. The minimum absolute atomic E-state index is 0.0165. The Hall–Kier alpha value is -2.29. The monoisotopic (exact) mass is 400 g/mol. The first-order chi connectivity index (χ1) is 13.0. The number of nitrogens with one attached hydrogen (secondary N) is 1. The number of carbonyl (C=O) groups excluding carboxylic acids is 1. The van der Waals surface area contributed by atoms with Crippen molar-refractivity contribution in [2.24, 2.45) is 0 Å². The van der Waals surface area contributed by atoms with Crippen LogP contribution in [0.4, 0.5) is 0 Å². The quantitative estimate of drug-likeness (QED) is 0.784. The molecule has 0 saturated carbocycles. The largest absolute Gasteiger partial charge is 0.346 e. The number of hydrogen-bond donors (Lipinski definition) is 1. The van der Waals surface area contributed by atoms with Crippen molar-refractivity contribution in [2.45, 2.75) is 44.3 Å².